The molecule has 0 aliphatic carbocycles. The molecule has 1 aliphatic heterocycles. The summed E-state index contributed by atoms with van der Waals surface area (Å²) in [6.45, 7) is 3.18. The predicted octanol–water partition coefficient (Wildman–Crippen LogP) is 4.23. The molecule has 2 heterocycles. The Hall–Kier alpha value is -2.46. The predicted molar refractivity (Wildman–Crippen MR) is 115 cm³/mol. The molecule has 5 nitrogen and oxygen atoms in total. The number of halogens is 2. The summed E-state index contributed by atoms with van der Waals surface area (Å²) < 4.78 is 21.2. The molecule has 0 spiro atoms. The van der Waals surface area contributed by atoms with Gasteiger partial charge in [-0.3, -0.25) is 4.68 Å². The minimum absolute atomic E-state index is 0.100. The van der Waals surface area contributed by atoms with Crippen LogP contribution >= 0.6 is 11.6 Å². The van der Waals surface area contributed by atoms with Crippen LogP contribution in [0.1, 0.15) is 24.0 Å². The Morgan fingerprint density at radius 2 is 2.00 bits per heavy atom. The van der Waals surface area contributed by atoms with E-state index < -0.39 is 0 Å². The minimum atomic E-state index is -0.218. The number of piperidine rings is 1. The Labute approximate surface area is 180 Å². The second-order valence-corrected chi connectivity index (χ2v) is 8.26. The molecule has 3 aromatic rings. The van der Waals surface area contributed by atoms with Gasteiger partial charge in [0.15, 0.2) is 0 Å². The molecule has 1 saturated heterocycles. The van der Waals surface area contributed by atoms with Crippen molar-refractivity contribution in [2.45, 2.75) is 31.2 Å². The third-order valence-corrected chi connectivity index (χ3v) is 6.06. The maximum absolute atomic E-state index is 13.4. The summed E-state index contributed by atoms with van der Waals surface area (Å²) in [6, 6.07) is 12.7. The maximum Gasteiger partial charge on any atom is 0.128 e. The van der Waals surface area contributed by atoms with Crippen LogP contribution in [0.25, 0.3) is 10.9 Å². The number of hydrogen-bond donors (Lipinski definition) is 1. The highest BCUT2D eigenvalue weighted by molar-refractivity contribution is 6.31. The average molecular weight is 427 g/mol. The fraction of sp³-hybridized carbons (Fsp3) is 0.391. The molecule has 0 unspecified atom stereocenters. The fourth-order valence-electron chi connectivity index (χ4n) is 4.24. The Morgan fingerprint density at radius 3 is 2.73 bits per heavy atom. The van der Waals surface area contributed by atoms with E-state index in [1.807, 2.05) is 30.5 Å². The molecule has 1 aromatic heterocycles. The van der Waals surface area contributed by atoms with E-state index in [2.05, 4.69) is 16.5 Å². The van der Waals surface area contributed by atoms with Gasteiger partial charge in [0, 0.05) is 22.0 Å². The number of nitrogens with zero attached hydrogens (tertiary/aromatic N) is 3. The minimum Gasteiger partial charge on any atom is -0.380 e. The lowest BCUT2D eigenvalue weighted by molar-refractivity contribution is 0.0691. The maximum atomic E-state index is 13.4. The van der Waals surface area contributed by atoms with E-state index in [0.29, 0.717) is 24.7 Å². The van der Waals surface area contributed by atoms with Crippen molar-refractivity contribution in [3.05, 3.63) is 64.6 Å². The summed E-state index contributed by atoms with van der Waals surface area (Å²) in [5, 5.41) is 18.4. The first kappa shape index (κ1) is 20.8. The normalized spacial score (nSPS) is 15.9. The molecule has 0 bridgehead atoms. The van der Waals surface area contributed by atoms with Crippen molar-refractivity contribution in [2.75, 3.05) is 26.3 Å². The topological polar surface area (TPSA) is 62.9 Å². The summed E-state index contributed by atoms with van der Waals surface area (Å²) in [6.07, 6.45) is 4.43. The quantitative estimate of drug-likeness (QED) is 0.574. The number of nitriles is 1. The molecule has 1 fully saturated rings. The highest BCUT2D eigenvalue weighted by atomic mass is 35.5. The van der Waals surface area contributed by atoms with Gasteiger partial charge >= 0.3 is 0 Å². The van der Waals surface area contributed by atoms with Gasteiger partial charge in [-0.1, -0.05) is 23.7 Å². The molecule has 4 rings (SSSR count). The highest BCUT2D eigenvalue weighted by Gasteiger charge is 2.34. The van der Waals surface area contributed by atoms with Gasteiger partial charge in [-0.2, -0.15) is 10.4 Å². The number of aromatic nitrogens is 2. The smallest absolute Gasteiger partial charge is 0.128 e. The zero-order chi connectivity index (χ0) is 21.0. The van der Waals surface area contributed by atoms with E-state index in [-0.39, 0.29) is 17.8 Å². The van der Waals surface area contributed by atoms with Crippen LogP contribution in [-0.4, -0.2) is 36.1 Å². The molecule has 0 atom stereocenters. The number of fused-ring (bicyclic) bond motifs is 1. The van der Waals surface area contributed by atoms with Crippen LogP contribution in [0.2, 0.25) is 5.02 Å². The summed E-state index contributed by atoms with van der Waals surface area (Å²) in [4.78, 5) is 0. The van der Waals surface area contributed by atoms with Crippen molar-refractivity contribution in [1.82, 2.24) is 15.1 Å². The molecule has 0 amide bonds. The van der Waals surface area contributed by atoms with E-state index in [0.717, 1.165) is 48.0 Å². The van der Waals surface area contributed by atoms with Crippen molar-refractivity contribution in [2.24, 2.45) is 0 Å². The van der Waals surface area contributed by atoms with E-state index in [9.17, 15) is 4.39 Å². The molecule has 7 heteroatoms. The first-order chi connectivity index (χ1) is 14.6. The van der Waals surface area contributed by atoms with Gasteiger partial charge in [0.1, 0.15) is 12.4 Å². The van der Waals surface area contributed by atoms with Gasteiger partial charge in [-0.25, -0.2) is 4.39 Å². The van der Waals surface area contributed by atoms with Crippen molar-refractivity contribution in [3.63, 3.8) is 0 Å². The standard InChI is InChI=1S/C23H24ClFN4O/c24-20-13-17(22-18(14-20)15-29(28-22)11-8-26)5-12-30-16-23(6-9-27-10-7-23)19-1-3-21(25)4-2-19/h1-4,13-15,27H,5-7,9-12,16H2. The number of rotatable bonds is 7. The van der Waals surface area contributed by atoms with Crippen molar-refractivity contribution >= 4 is 22.5 Å². The second kappa shape index (κ2) is 9.13. The summed E-state index contributed by atoms with van der Waals surface area (Å²) in [5.74, 6) is -0.218. The van der Waals surface area contributed by atoms with Crippen molar-refractivity contribution < 1.29 is 9.13 Å². The third-order valence-electron chi connectivity index (χ3n) is 5.84. The number of benzene rings is 2. The van der Waals surface area contributed by atoms with Crippen molar-refractivity contribution in [3.8, 4) is 6.07 Å². The number of nitrogens with one attached hydrogen (secondary N) is 1. The molecule has 0 saturated carbocycles. The monoisotopic (exact) mass is 426 g/mol. The van der Waals surface area contributed by atoms with E-state index in [1.165, 1.54) is 12.1 Å². The lowest BCUT2D eigenvalue weighted by Gasteiger charge is -2.38. The Kier molecular flexibility index (Phi) is 6.33. The zero-order valence-electron chi connectivity index (χ0n) is 16.7. The fourth-order valence-corrected chi connectivity index (χ4v) is 4.49. The summed E-state index contributed by atoms with van der Waals surface area (Å²) in [5.41, 5.74) is 2.89. The lowest BCUT2D eigenvalue weighted by atomic mass is 9.74. The Bertz CT molecular complexity index is 1050. The highest BCUT2D eigenvalue weighted by Crippen LogP contribution is 2.34. The van der Waals surface area contributed by atoms with Crippen LogP contribution in [-0.2, 0) is 23.1 Å². The molecule has 2 aromatic carbocycles. The molecule has 30 heavy (non-hydrogen) atoms. The van der Waals surface area contributed by atoms with Crippen LogP contribution < -0.4 is 5.32 Å². The largest absolute Gasteiger partial charge is 0.380 e. The number of hydrogen-bond acceptors (Lipinski definition) is 4. The van der Waals surface area contributed by atoms with Crippen molar-refractivity contribution in [1.29, 1.82) is 5.26 Å². The SMILES string of the molecule is N#CCn1cc2cc(Cl)cc(CCOCC3(c4ccc(F)cc4)CCNCC3)c2n1. The molecule has 1 aliphatic rings. The van der Waals surface area contributed by atoms with E-state index in [4.69, 9.17) is 21.6 Å². The zero-order valence-corrected chi connectivity index (χ0v) is 17.5. The molecule has 1 N–H and O–H groups in total. The molecular weight excluding hydrogens is 403 g/mol. The van der Waals surface area contributed by atoms with Crippen LogP contribution in [0.3, 0.4) is 0 Å². The first-order valence-corrected chi connectivity index (χ1v) is 10.5. The van der Waals surface area contributed by atoms with Crippen LogP contribution in [0.15, 0.2) is 42.6 Å². The van der Waals surface area contributed by atoms with Gasteiger partial charge in [0.25, 0.3) is 0 Å². The summed E-state index contributed by atoms with van der Waals surface area (Å²) in [7, 11) is 0. The summed E-state index contributed by atoms with van der Waals surface area (Å²) >= 11 is 6.28. The molecule has 0 radical (unpaired) electrons. The van der Waals surface area contributed by atoms with Crippen LogP contribution in [0.4, 0.5) is 4.39 Å². The average Bonchev–Trinajstić information content (AvgIpc) is 3.15. The lowest BCUT2D eigenvalue weighted by Crippen LogP contribution is -2.43. The Balaban J connectivity index is 1.45. The van der Waals surface area contributed by atoms with Gasteiger partial charge < -0.3 is 10.1 Å². The van der Waals surface area contributed by atoms with E-state index >= 15 is 0 Å². The second-order valence-electron chi connectivity index (χ2n) is 7.83. The van der Waals surface area contributed by atoms with E-state index in [1.54, 1.807) is 4.68 Å². The molecule has 156 valence electrons. The van der Waals surface area contributed by atoms with Gasteiger partial charge in [-0.05, 0) is 67.7 Å². The van der Waals surface area contributed by atoms with Gasteiger partial charge in [0.05, 0.1) is 24.8 Å². The van der Waals surface area contributed by atoms with Gasteiger partial charge in [-0.15, -0.1) is 0 Å². The third kappa shape index (κ3) is 4.49. The Morgan fingerprint density at radius 1 is 1.23 bits per heavy atom. The van der Waals surface area contributed by atoms with Crippen LogP contribution in [0.5, 0.6) is 0 Å². The van der Waals surface area contributed by atoms with Gasteiger partial charge in [0.2, 0.25) is 0 Å². The van der Waals surface area contributed by atoms with Crippen LogP contribution in [0, 0.1) is 17.1 Å². The number of ether oxygens (including phenoxy) is 1. The molecular formula is C23H24ClFN4O. The first-order valence-electron chi connectivity index (χ1n) is 10.2.